The number of hydrogen-bond acceptors (Lipinski definition) is 7. The molecule has 1 amide bonds. The van der Waals surface area contributed by atoms with Gasteiger partial charge in [-0.2, -0.15) is 0 Å². The number of piperazine rings is 1. The minimum Gasteiger partial charge on any atom is -0.495 e. The van der Waals surface area contributed by atoms with Crippen molar-refractivity contribution >= 4 is 17.4 Å². The molecular weight excluding hydrogens is 382 g/mol. The number of methoxy groups -OCH3 is 2. The molecule has 3 heterocycles. The van der Waals surface area contributed by atoms with Crippen LogP contribution in [-0.4, -0.2) is 74.5 Å². The largest absolute Gasteiger partial charge is 0.495 e. The zero-order valence-electron chi connectivity index (χ0n) is 17.7. The lowest BCUT2D eigenvalue weighted by Crippen LogP contribution is -2.52. The summed E-state index contributed by atoms with van der Waals surface area (Å²) in [5, 5.41) is 8.31. The Morgan fingerprint density at radius 1 is 0.933 bits per heavy atom. The van der Waals surface area contributed by atoms with Crippen LogP contribution in [-0.2, 0) is 4.79 Å². The van der Waals surface area contributed by atoms with Crippen molar-refractivity contribution in [3.63, 3.8) is 0 Å². The molecule has 0 bridgehead atoms. The molecule has 0 saturated carbocycles. The smallest absolute Gasteiger partial charge is 0.233 e. The van der Waals surface area contributed by atoms with Crippen molar-refractivity contribution in [2.75, 3.05) is 63.3 Å². The number of benzene rings is 1. The fraction of sp³-hybridized carbons (Fsp3) is 0.500. The van der Waals surface area contributed by atoms with Gasteiger partial charge in [-0.3, -0.25) is 4.79 Å². The molecular formula is C22H29N5O3. The third-order valence-electron chi connectivity index (χ3n) is 5.95. The predicted octanol–water partition coefficient (Wildman–Crippen LogP) is 2.06. The van der Waals surface area contributed by atoms with Crippen LogP contribution in [0, 0.1) is 5.92 Å². The highest BCUT2D eigenvalue weighted by molar-refractivity contribution is 5.80. The highest BCUT2D eigenvalue weighted by Crippen LogP contribution is 2.29. The maximum atomic E-state index is 13.2. The van der Waals surface area contributed by atoms with Crippen molar-refractivity contribution in [2.45, 2.75) is 12.8 Å². The first-order valence-electron chi connectivity index (χ1n) is 10.5. The van der Waals surface area contributed by atoms with Gasteiger partial charge in [0, 0.05) is 45.3 Å². The summed E-state index contributed by atoms with van der Waals surface area (Å²) in [6.07, 6.45) is 1.90. The molecule has 4 rings (SSSR count). The third kappa shape index (κ3) is 4.27. The van der Waals surface area contributed by atoms with E-state index in [4.69, 9.17) is 9.47 Å². The van der Waals surface area contributed by atoms with Crippen molar-refractivity contribution in [1.82, 2.24) is 15.1 Å². The Labute approximate surface area is 177 Å². The van der Waals surface area contributed by atoms with Gasteiger partial charge in [0.25, 0.3) is 0 Å². The second kappa shape index (κ2) is 9.19. The molecule has 1 atom stereocenters. The van der Waals surface area contributed by atoms with Crippen LogP contribution in [0.4, 0.5) is 11.5 Å². The van der Waals surface area contributed by atoms with E-state index in [1.807, 2.05) is 35.2 Å². The van der Waals surface area contributed by atoms with Gasteiger partial charge in [-0.05, 0) is 31.0 Å². The molecule has 2 aliphatic rings. The van der Waals surface area contributed by atoms with E-state index in [2.05, 4.69) is 26.1 Å². The van der Waals surface area contributed by atoms with Crippen LogP contribution in [0.25, 0.3) is 0 Å². The monoisotopic (exact) mass is 411 g/mol. The lowest BCUT2D eigenvalue weighted by molar-refractivity contribution is -0.136. The minimum atomic E-state index is 0.000429. The lowest BCUT2D eigenvalue weighted by Gasteiger charge is -2.40. The molecule has 160 valence electrons. The number of ether oxygens (including phenoxy) is 2. The number of hydrogen-bond donors (Lipinski definition) is 0. The SMILES string of the molecule is COc1ccc(N2CCC[C@@H](C(=O)N3CCN(c4ccccc4OC)CC3)C2)nn1. The Hall–Kier alpha value is -3.03. The highest BCUT2D eigenvalue weighted by Gasteiger charge is 2.32. The molecule has 1 aromatic heterocycles. The van der Waals surface area contributed by atoms with E-state index in [0.717, 1.165) is 62.8 Å². The highest BCUT2D eigenvalue weighted by atomic mass is 16.5. The molecule has 0 radical (unpaired) electrons. The second-order valence-corrected chi connectivity index (χ2v) is 7.70. The van der Waals surface area contributed by atoms with Crippen LogP contribution in [0.15, 0.2) is 36.4 Å². The first-order valence-corrected chi connectivity index (χ1v) is 10.5. The van der Waals surface area contributed by atoms with E-state index in [1.54, 1.807) is 14.2 Å². The van der Waals surface area contributed by atoms with Gasteiger partial charge in [-0.15, -0.1) is 10.2 Å². The van der Waals surface area contributed by atoms with E-state index < -0.39 is 0 Å². The van der Waals surface area contributed by atoms with Crippen LogP contribution in [0.1, 0.15) is 12.8 Å². The molecule has 0 N–H and O–H groups in total. The quantitative estimate of drug-likeness (QED) is 0.746. The second-order valence-electron chi connectivity index (χ2n) is 7.70. The zero-order valence-corrected chi connectivity index (χ0v) is 17.7. The van der Waals surface area contributed by atoms with E-state index in [1.165, 1.54) is 0 Å². The Morgan fingerprint density at radius 3 is 2.43 bits per heavy atom. The van der Waals surface area contributed by atoms with Gasteiger partial charge in [-0.1, -0.05) is 12.1 Å². The van der Waals surface area contributed by atoms with Crippen molar-refractivity contribution in [2.24, 2.45) is 5.92 Å². The van der Waals surface area contributed by atoms with Crippen molar-refractivity contribution in [3.8, 4) is 11.6 Å². The summed E-state index contributed by atoms with van der Waals surface area (Å²) < 4.78 is 10.6. The fourth-order valence-electron chi connectivity index (χ4n) is 4.29. The predicted molar refractivity (Wildman–Crippen MR) is 115 cm³/mol. The Kier molecular flexibility index (Phi) is 6.21. The number of para-hydroxylation sites is 2. The van der Waals surface area contributed by atoms with Gasteiger partial charge in [-0.25, -0.2) is 0 Å². The molecule has 2 aliphatic heterocycles. The van der Waals surface area contributed by atoms with Gasteiger partial charge < -0.3 is 24.2 Å². The first-order chi connectivity index (χ1) is 14.7. The number of rotatable bonds is 5. The number of piperidine rings is 1. The van der Waals surface area contributed by atoms with Gasteiger partial charge in [0.05, 0.1) is 25.8 Å². The van der Waals surface area contributed by atoms with E-state index in [-0.39, 0.29) is 11.8 Å². The Bertz CT molecular complexity index is 852. The Balaban J connectivity index is 1.35. The molecule has 2 aromatic rings. The topological polar surface area (TPSA) is 71.0 Å². The van der Waals surface area contributed by atoms with Crippen LogP contribution in [0.5, 0.6) is 11.6 Å². The number of amides is 1. The van der Waals surface area contributed by atoms with Gasteiger partial charge >= 0.3 is 0 Å². The van der Waals surface area contributed by atoms with Crippen LogP contribution in [0.2, 0.25) is 0 Å². The van der Waals surface area contributed by atoms with Crippen molar-refractivity contribution in [3.05, 3.63) is 36.4 Å². The third-order valence-corrected chi connectivity index (χ3v) is 5.95. The number of nitrogens with zero attached hydrogens (tertiary/aromatic N) is 5. The van der Waals surface area contributed by atoms with Crippen LogP contribution in [0.3, 0.4) is 0 Å². The maximum Gasteiger partial charge on any atom is 0.233 e. The maximum absolute atomic E-state index is 13.2. The average molecular weight is 412 g/mol. The van der Waals surface area contributed by atoms with Crippen LogP contribution < -0.4 is 19.3 Å². The van der Waals surface area contributed by atoms with Gasteiger partial charge in [0.15, 0.2) is 5.82 Å². The summed E-state index contributed by atoms with van der Waals surface area (Å²) in [6.45, 7) is 4.67. The summed E-state index contributed by atoms with van der Waals surface area (Å²) in [6, 6.07) is 11.8. The summed E-state index contributed by atoms with van der Waals surface area (Å²) in [4.78, 5) is 19.7. The molecule has 1 aromatic carbocycles. The standard InChI is InChI=1S/C22H29N5O3/c1-29-19-8-4-3-7-18(19)25-12-14-26(15-13-25)22(28)17-6-5-11-27(16-17)20-9-10-21(30-2)24-23-20/h3-4,7-10,17H,5-6,11-16H2,1-2H3/t17-/m1/s1. The summed E-state index contributed by atoms with van der Waals surface area (Å²) >= 11 is 0. The Morgan fingerprint density at radius 2 is 1.73 bits per heavy atom. The van der Waals surface area contributed by atoms with Gasteiger partial charge in [0.1, 0.15) is 5.75 Å². The summed E-state index contributed by atoms with van der Waals surface area (Å²) in [5.41, 5.74) is 1.09. The van der Waals surface area contributed by atoms with Gasteiger partial charge in [0.2, 0.25) is 11.8 Å². The number of carbonyl (C=O) groups is 1. The average Bonchev–Trinajstić information content (AvgIpc) is 2.84. The number of anilines is 2. The van der Waals surface area contributed by atoms with E-state index in [9.17, 15) is 4.79 Å². The normalized spacial score (nSPS) is 19.5. The fourth-order valence-corrected chi connectivity index (χ4v) is 4.29. The first kappa shape index (κ1) is 20.3. The molecule has 8 heteroatoms. The molecule has 2 saturated heterocycles. The molecule has 0 unspecified atom stereocenters. The summed E-state index contributed by atoms with van der Waals surface area (Å²) in [5.74, 6) is 2.42. The van der Waals surface area contributed by atoms with Crippen LogP contribution >= 0.6 is 0 Å². The van der Waals surface area contributed by atoms with Crippen molar-refractivity contribution < 1.29 is 14.3 Å². The molecule has 30 heavy (non-hydrogen) atoms. The minimum absolute atomic E-state index is 0.000429. The molecule has 8 nitrogen and oxygen atoms in total. The van der Waals surface area contributed by atoms with E-state index >= 15 is 0 Å². The van der Waals surface area contributed by atoms with E-state index in [0.29, 0.717) is 12.4 Å². The van der Waals surface area contributed by atoms with Crippen molar-refractivity contribution in [1.29, 1.82) is 0 Å². The summed E-state index contributed by atoms with van der Waals surface area (Å²) in [7, 11) is 3.27. The number of carbonyl (C=O) groups excluding carboxylic acids is 1. The molecule has 0 aliphatic carbocycles. The molecule has 2 fully saturated rings. The lowest BCUT2D eigenvalue weighted by atomic mass is 9.96. The molecule has 0 spiro atoms. The number of aromatic nitrogens is 2. The zero-order chi connectivity index (χ0) is 20.9.